The number of nitrogens with two attached hydrogens (primary N) is 1. The van der Waals surface area contributed by atoms with Crippen LogP contribution in [-0.4, -0.2) is 18.1 Å². The molecule has 0 heterocycles. The van der Waals surface area contributed by atoms with Crippen LogP contribution in [0.15, 0.2) is 0 Å². The molecule has 0 saturated heterocycles. The van der Waals surface area contributed by atoms with E-state index in [4.69, 9.17) is 5.84 Å². The molecule has 1 aliphatic carbocycles. The monoisotopic (exact) mass is 200 g/mol. The van der Waals surface area contributed by atoms with E-state index in [2.05, 4.69) is 0 Å². The molecule has 4 heteroatoms. The maximum atomic E-state index is 5.60. The third-order valence-corrected chi connectivity index (χ3v) is 2.15. The van der Waals surface area contributed by atoms with Gasteiger partial charge < -0.3 is 0 Å². The van der Waals surface area contributed by atoms with Gasteiger partial charge in [-0.2, -0.15) is 0 Å². The van der Waals surface area contributed by atoms with Crippen molar-refractivity contribution in [3.8, 4) is 0 Å². The van der Waals surface area contributed by atoms with Gasteiger partial charge in [0.05, 0.1) is 0 Å². The summed E-state index contributed by atoms with van der Waals surface area (Å²) in [5, 5.41) is 1.86. The van der Waals surface area contributed by atoms with Crippen molar-refractivity contribution in [1.29, 1.82) is 0 Å². The Balaban J connectivity index is 0. The smallest absolute Gasteiger partial charge is 0.0238 e. The molecule has 1 aliphatic rings. The van der Waals surface area contributed by atoms with Crippen LogP contribution >= 0.6 is 24.8 Å². The van der Waals surface area contributed by atoms with Crippen molar-refractivity contribution in [2.24, 2.45) is 5.84 Å². The first kappa shape index (κ1) is 14.0. The summed E-state index contributed by atoms with van der Waals surface area (Å²) in [4.78, 5) is 0. The molecule has 0 aromatic rings. The minimum absolute atomic E-state index is 0. The molecule has 0 atom stereocenters. The Morgan fingerprint density at radius 2 is 1.55 bits per heavy atom. The molecule has 0 unspecified atom stereocenters. The lowest BCUT2D eigenvalue weighted by molar-refractivity contribution is 0.195. The number of hydrazine groups is 1. The molecule has 11 heavy (non-hydrogen) atoms. The average Bonchev–Trinajstić information content (AvgIpc) is 1.90. The van der Waals surface area contributed by atoms with Gasteiger partial charge in [-0.1, -0.05) is 19.3 Å². The van der Waals surface area contributed by atoms with Gasteiger partial charge in [0.15, 0.2) is 0 Å². The largest absolute Gasteiger partial charge is 0.269 e. The SMILES string of the molecule is CN(N)C1CCCCC1.Cl.Cl. The van der Waals surface area contributed by atoms with Gasteiger partial charge in [0, 0.05) is 13.1 Å². The lowest BCUT2D eigenvalue weighted by atomic mass is 9.95. The van der Waals surface area contributed by atoms with Crippen molar-refractivity contribution < 1.29 is 0 Å². The minimum Gasteiger partial charge on any atom is -0.269 e. The molecule has 0 aromatic heterocycles. The van der Waals surface area contributed by atoms with E-state index >= 15 is 0 Å². The first-order valence-corrected chi connectivity index (χ1v) is 3.78. The van der Waals surface area contributed by atoms with Gasteiger partial charge in [-0.15, -0.1) is 24.8 Å². The maximum absolute atomic E-state index is 5.60. The summed E-state index contributed by atoms with van der Waals surface area (Å²) in [6.07, 6.45) is 6.74. The maximum Gasteiger partial charge on any atom is 0.0238 e. The second kappa shape index (κ2) is 7.17. The first-order chi connectivity index (χ1) is 4.30. The van der Waals surface area contributed by atoms with Crippen molar-refractivity contribution in [3.05, 3.63) is 0 Å². The van der Waals surface area contributed by atoms with E-state index in [1.54, 1.807) is 0 Å². The van der Waals surface area contributed by atoms with Crippen molar-refractivity contribution in [2.45, 2.75) is 38.1 Å². The number of nitrogens with zero attached hydrogens (tertiary/aromatic N) is 1. The number of hydrogen-bond donors (Lipinski definition) is 1. The fraction of sp³-hybridized carbons (Fsp3) is 1.00. The molecule has 0 aliphatic heterocycles. The standard InChI is InChI=1S/C7H16N2.2ClH/c1-9(8)7-5-3-2-4-6-7;;/h7H,2-6,8H2,1H3;2*1H. The quantitative estimate of drug-likeness (QED) is 0.519. The van der Waals surface area contributed by atoms with E-state index in [9.17, 15) is 0 Å². The third kappa shape index (κ3) is 4.86. The van der Waals surface area contributed by atoms with Crippen molar-refractivity contribution in [3.63, 3.8) is 0 Å². The highest BCUT2D eigenvalue weighted by molar-refractivity contribution is 5.85. The fourth-order valence-electron chi connectivity index (χ4n) is 1.49. The van der Waals surface area contributed by atoms with Crippen LogP contribution in [0.25, 0.3) is 0 Å². The zero-order valence-electron chi connectivity index (χ0n) is 6.95. The molecule has 70 valence electrons. The zero-order chi connectivity index (χ0) is 6.69. The van der Waals surface area contributed by atoms with Gasteiger partial charge >= 0.3 is 0 Å². The summed E-state index contributed by atoms with van der Waals surface area (Å²) in [5.41, 5.74) is 0. The molecule has 1 saturated carbocycles. The van der Waals surface area contributed by atoms with Crippen LogP contribution in [0.1, 0.15) is 32.1 Å². The molecule has 1 fully saturated rings. The van der Waals surface area contributed by atoms with Gasteiger partial charge in [-0.3, -0.25) is 5.84 Å². The Kier molecular flexibility index (Phi) is 9.15. The Hall–Kier alpha value is 0.500. The van der Waals surface area contributed by atoms with Crippen LogP contribution < -0.4 is 5.84 Å². The van der Waals surface area contributed by atoms with Crippen molar-refractivity contribution in [1.82, 2.24) is 5.01 Å². The highest BCUT2D eigenvalue weighted by atomic mass is 35.5. The van der Waals surface area contributed by atoms with Crippen LogP contribution in [0.4, 0.5) is 0 Å². The summed E-state index contributed by atoms with van der Waals surface area (Å²) >= 11 is 0. The Morgan fingerprint density at radius 1 is 1.09 bits per heavy atom. The Morgan fingerprint density at radius 3 is 1.82 bits per heavy atom. The summed E-state index contributed by atoms with van der Waals surface area (Å²) < 4.78 is 0. The lowest BCUT2D eigenvalue weighted by Gasteiger charge is -2.27. The van der Waals surface area contributed by atoms with Crippen LogP contribution in [-0.2, 0) is 0 Å². The highest BCUT2D eigenvalue weighted by Crippen LogP contribution is 2.19. The van der Waals surface area contributed by atoms with Gasteiger partial charge in [-0.25, -0.2) is 5.01 Å². The van der Waals surface area contributed by atoms with E-state index in [1.807, 2.05) is 12.1 Å². The Bertz CT molecular complexity index is 82.5. The molecule has 0 aromatic carbocycles. The summed E-state index contributed by atoms with van der Waals surface area (Å²) in [6.45, 7) is 0. The van der Waals surface area contributed by atoms with E-state index < -0.39 is 0 Å². The van der Waals surface area contributed by atoms with Gasteiger partial charge in [0.25, 0.3) is 0 Å². The Labute approximate surface area is 81.3 Å². The minimum atomic E-state index is 0. The topological polar surface area (TPSA) is 29.3 Å². The number of hydrogen-bond acceptors (Lipinski definition) is 2. The molecule has 2 N–H and O–H groups in total. The number of rotatable bonds is 1. The molecular formula is C7H18Cl2N2. The fourth-order valence-corrected chi connectivity index (χ4v) is 1.49. The van der Waals surface area contributed by atoms with Crippen molar-refractivity contribution >= 4 is 24.8 Å². The third-order valence-electron chi connectivity index (χ3n) is 2.15. The van der Waals surface area contributed by atoms with E-state index in [0.717, 1.165) is 0 Å². The summed E-state index contributed by atoms with van der Waals surface area (Å²) in [7, 11) is 1.97. The predicted octanol–water partition coefficient (Wildman–Crippen LogP) is 1.97. The summed E-state index contributed by atoms with van der Waals surface area (Å²) in [6, 6.07) is 0.666. The second-order valence-electron chi connectivity index (χ2n) is 2.96. The van der Waals surface area contributed by atoms with Gasteiger partial charge in [0.1, 0.15) is 0 Å². The van der Waals surface area contributed by atoms with Crippen molar-refractivity contribution in [2.75, 3.05) is 7.05 Å². The molecule has 0 bridgehead atoms. The summed E-state index contributed by atoms with van der Waals surface area (Å²) in [5.74, 6) is 5.60. The molecule has 0 radical (unpaired) electrons. The molecule has 0 spiro atoms. The van der Waals surface area contributed by atoms with Crippen LogP contribution in [0.2, 0.25) is 0 Å². The highest BCUT2D eigenvalue weighted by Gasteiger charge is 2.14. The van der Waals surface area contributed by atoms with Crippen LogP contribution in [0.5, 0.6) is 0 Å². The zero-order valence-corrected chi connectivity index (χ0v) is 8.59. The molecule has 0 amide bonds. The molecular weight excluding hydrogens is 183 g/mol. The lowest BCUT2D eigenvalue weighted by Crippen LogP contribution is -2.38. The van der Waals surface area contributed by atoms with Crippen LogP contribution in [0.3, 0.4) is 0 Å². The normalized spacial score (nSPS) is 18.8. The average molecular weight is 201 g/mol. The second-order valence-corrected chi connectivity index (χ2v) is 2.96. The predicted molar refractivity (Wildman–Crippen MR) is 53.3 cm³/mol. The molecule has 1 rings (SSSR count). The van der Waals surface area contributed by atoms with Gasteiger partial charge in [0.2, 0.25) is 0 Å². The molecule has 2 nitrogen and oxygen atoms in total. The van der Waals surface area contributed by atoms with Gasteiger partial charge in [-0.05, 0) is 12.8 Å². The van der Waals surface area contributed by atoms with E-state index in [0.29, 0.717) is 6.04 Å². The first-order valence-electron chi connectivity index (χ1n) is 3.78. The van der Waals surface area contributed by atoms with E-state index in [1.165, 1.54) is 32.1 Å². The van der Waals surface area contributed by atoms with E-state index in [-0.39, 0.29) is 24.8 Å². The number of halogens is 2. The van der Waals surface area contributed by atoms with Crippen LogP contribution in [0, 0.1) is 0 Å².